The van der Waals surface area contributed by atoms with Gasteiger partial charge in [0.1, 0.15) is 5.76 Å². The first kappa shape index (κ1) is 22.1. The van der Waals surface area contributed by atoms with Crippen LogP contribution in [-0.4, -0.2) is 60.5 Å². The monoisotopic (exact) mass is 403 g/mol. The topological polar surface area (TPSA) is 56.9 Å². The molecule has 0 saturated carbocycles. The lowest BCUT2D eigenvalue weighted by molar-refractivity contribution is 0.140. The largest absolute Gasteiger partial charge is 0.444 e. The van der Waals surface area contributed by atoms with Gasteiger partial charge in [-0.3, -0.25) is 9.89 Å². The maximum absolute atomic E-state index is 5.75. The van der Waals surface area contributed by atoms with Crippen molar-refractivity contribution >= 4 is 5.96 Å². The smallest absolute Gasteiger partial charge is 0.208 e. The van der Waals surface area contributed by atoms with Crippen LogP contribution >= 0.6 is 0 Å². The van der Waals surface area contributed by atoms with Gasteiger partial charge in [0.15, 0.2) is 5.96 Å². The van der Waals surface area contributed by atoms with Gasteiger partial charge in [-0.1, -0.05) is 20.3 Å². The lowest BCUT2D eigenvalue weighted by Gasteiger charge is -2.42. The van der Waals surface area contributed by atoms with E-state index in [1.54, 1.807) is 0 Å². The molecular weight excluding hydrogens is 362 g/mol. The van der Waals surface area contributed by atoms with E-state index in [-0.39, 0.29) is 0 Å². The minimum atomic E-state index is 0.437. The number of piperidine rings is 2. The van der Waals surface area contributed by atoms with Gasteiger partial charge in [-0.2, -0.15) is 0 Å². The molecule has 1 atom stereocenters. The van der Waals surface area contributed by atoms with Gasteiger partial charge in [0, 0.05) is 26.7 Å². The zero-order valence-corrected chi connectivity index (χ0v) is 19.3. The number of rotatable bonds is 6. The molecule has 2 aliphatic heterocycles. The van der Waals surface area contributed by atoms with Gasteiger partial charge in [-0.15, -0.1) is 0 Å². The second kappa shape index (κ2) is 9.96. The number of aromatic nitrogens is 1. The summed E-state index contributed by atoms with van der Waals surface area (Å²) < 4.78 is 5.75. The molecule has 2 fully saturated rings. The molecule has 6 nitrogen and oxygen atoms in total. The van der Waals surface area contributed by atoms with Crippen molar-refractivity contribution in [2.45, 2.75) is 72.8 Å². The summed E-state index contributed by atoms with van der Waals surface area (Å²) in [5.41, 5.74) is 1.45. The molecule has 1 aromatic heterocycles. The number of nitrogens with one attached hydrogen (secondary N) is 1. The fraction of sp³-hybridized carbons (Fsp3) is 0.826. The second-order valence-electron chi connectivity index (χ2n) is 9.48. The normalized spacial score (nSPS) is 24.9. The fourth-order valence-corrected chi connectivity index (χ4v) is 5.02. The van der Waals surface area contributed by atoms with Crippen LogP contribution in [0.15, 0.2) is 9.41 Å². The SMILES string of the molecule is CCCC1(C)CCCN(C(=NC)NCC2CCN(Cc3nc(C)c(C)o3)CC2)C1. The summed E-state index contributed by atoms with van der Waals surface area (Å²) in [6.07, 6.45) is 7.63. The third kappa shape index (κ3) is 5.97. The van der Waals surface area contributed by atoms with Crippen molar-refractivity contribution < 1.29 is 4.42 Å². The number of hydrogen-bond acceptors (Lipinski definition) is 4. The van der Waals surface area contributed by atoms with Crippen LogP contribution in [0.1, 0.15) is 69.7 Å². The van der Waals surface area contributed by atoms with Crippen molar-refractivity contribution in [3.05, 3.63) is 17.3 Å². The maximum Gasteiger partial charge on any atom is 0.208 e. The molecule has 3 rings (SSSR count). The number of oxazole rings is 1. The molecule has 2 saturated heterocycles. The van der Waals surface area contributed by atoms with Crippen LogP contribution in [0.25, 0.3) is 0 Å². The Morgan fingerprint density at radius 2 is 2.03 bits per heavy atom. The van der Waals surface area contributed by atoms with Crippen LogP contribution < -0.4 is 5.32 Å². The number of aliphatic imine (C=N–C) groups is 1. The summed E-state index contributed by atoms with van der Waals surface area (Å²) in [6.45, 7) is 15.1. The van der Waals surface area contributed by atoms with Crippen molar-refractivity contribution in [3.8, 4) is 0 Å². The van der Waals surface area contributed by atoms with E-state index < -0.39 is 0 Å². The first-order valence-corrected chi connectivity index (χ1v) is 11.5. The zero-order chi connectivity index (χ0) is 20.9. The summed E-state index contributed by atoms with van der Waals surface area (Å²) in [7, 11) is 1.93. The molecule has 0 bridgehead atoms. The minimum absolute atomic E-state index is 0.437. The Balaban J connectivity index is 1.43. The Hall–Kier alpha value is -1.56. The number of nitrogens with zero attached hydrogens (tertiary/aromatic N) is 4. The van der Waals surface area contributed by atoms with Crippen molar-refractivity contribution in [1.82, 2.24) is 20.1 Å². The highest BCUT2D eigenvalue weighted by Gasteiger charge is 2.31. The summed E-state index contributed by atoms with van der Waals surface area (Å²) in [5, 5.41) is 3.69. The summed E-state index contributed by atoms with van der Waals surface area (Å²) in [5.74, 6) is 3.61. The van der Waals surface area contributed by atoms with Crippen LogP contribution in [0.3, 0.4) is 0 Å². The Morgan fingerprint density at radius 1 is 1.28 bits per heavy atom. The Labute approximate surface area is 177 Å². The Kier molecular flexibility index (Phi) is 7.60. The van der Waals surface area contributed by atoms with E-state index in [1.807, 2.05) is 20.9 Å². The van der Waals surface area contributed by atoms with Gasteiger partial charge >= 0.3 is 0 Å². The zero-order valence-electron chi connectivity index (χ0n) is 19.3. The van der Waals surface area contributed by atoms with Gasteiger partial charge < -0.3 is 14.6 Å². The molecule has 0 aliphatic carbocycles. The van der Waals surface area contributed by atoms with Crippen LogP contribution in [0.2, 0.25) is 0 Å². The molecule has 0 radical (unpaired) electrons. The Bertz CT molecular complexity index is 653. The molecule has 6 heteroatoms. The van der Waals surface area contributed by atoms with Crippen molar-refractivity contribution in [2.24, 2.45) is 16.3 Å². The first-order valence-electron chi connectivity index (χ1n) is 11.5. The summed E-state index contributed by atoms with van der Waals surface area (Å²) in [4.78, 5) is 14.1. The van der Waals surface area contributed by atoms with Gasteiger partial charge in [0.05, 0.1) is 12.2 Å². The minimum Gasteiger partial charge on any atom is -0.444 e. The van der Waals surface area contributed by atoms with Crippen molar-refractivity contribution in [3.63, 3.8) is 0 Å². The molecule has 0 spiro atoms. The average molecular weight is 404 g/mol. The third-order valence-electron chi connectivity index (χ3n) is 6.83. The van der Waals surface area contributed by atoms with Crippen LogP contribution in [0.4, 0.5) is 0 Å². The van der Waals surface area contributed by atoms with E-state index in [4.69, 9.17) is 4.42 Å². The van der Waals surface area contributed by atoms with Gasteiger partial charge in [0.25, 0.3) is 0 Å². The van der Waals surface area contributed by atoms with E-state index in [9.17, 15) is 0 Å². The Morgan fingerprint density at radius 3 is 2.66 bits per heavy atom. The van der Waals surface area contributed by atoms with Crippen molar-refractivity contribution in [1.29, 1.82) is 0 Å². The molecule has 1 aromatic rings. The standard InChI is InChI=1S/C23H41N5O/c1-6-10-23(4)11-7-12-28(17-23)22(24-5)25-15-20-8-13-27(14-9-20)16-21-26-18(2)19(3)29-21/h20H,6-17H2,1-5H3,(H,24,25). The third-order valence-corrected chi connectivity index (χ3v) is 6.83. The lowest BCUT2D eigenvalue weighted by atomic mass is 9.78. The highest BCUT2D eigenvalue weighted by molar-refractivity contribution is 5.80. The van der Waals surface area contributed by atoms with Gasteiger partial charge in [0.2, 0.25) is 5.89 Å². The molecule has 0 amide bonds. The van der Waals surface area contributed by atoms with Crippen LogP contribution in [-0.2, 0) is 6.54 Å². The predicted molar refractivity (Wildman–Crippen MR) is 119 cm³/mol. The highest BCUT2D eigenvalue weighted by atomic mass is 16.4. The second-order valence-corrected chi connectivity index (χ2v) is 9.48. The van der Waals surface area contributed by atoms with E-state index in [1.165, 1.54) is 38.5 Å². The molecule has 29 heavy (non-hydrogen) atoms. The van der Waals surface area contributed by atoms with Gasteiger partial charge in [-0.25, -0.2) is 4.98 Å². The van der Waals surface area contributed by atoms with Crippen LogP contribution in [0.5, 0.6) is 0 Å². The van der Waals surface area contributed by atoms with E-state index in [0.717, 1.165) is 62.6 Å². The predicted octanol–water partition coefficient (Wildman–Crippen LogP) is 3.98. The average Bonchev–Trinajstić information content (AvgIpc) is 3.00. The first-order chi connectivity index (χ1) is 13.9. The van der Waals surface area contributed by atoms with E-state index >= 15 is 0 Å². The van der Waals surface area contributed by atoms with E-state index in [0.29, 0.717) is 11.3 Å². The number of hydrogen-bond donors (Lipinski definition) is 1. The van der Waals surface area contributed by atoms with Gasteiger partial charge in [-0.05, 0) is 70.4 Å². The molecule has 1 unspecified atom stereocenters. The maximum atomic E-state index is 5.75. The quantitative estimate of drug-likeness (QED) is 0.575. The molecular formula is C23H41N5O. The van der Waals surface area contributed by atoms with E-state index in [2.05, 4.69) is 38.9 Å². The van der Waals surface area contributed by atoms with Crippen LogP contribution in [0, 0.1) is 25.2 Å². The summed E-state index contributed by atoms with van der Waals surface area (Å²) >= 11 is 0. The highest BCUT2D eigenvalue weighted by Crippen LogP contribution is 2.34. The molecule has 0 aromatic carbocycles. The molecule has 3 heterocycles. The molecule has 1 N–H and O–H groups in total. The molecule has 2 aliphatic rings. The molecule has 164 valence electrons. The summed E-state index contributed by atoms with van der Waals surface area (Å²) in [6, 6.07) is 0. The number of likely N-dealkylation sites (tertiary alicyclic amines) is 2. The number of guanidine groups is 1. The van der Waals surface area contributed by atoms with Crippen molar-refractivity contribution in [2.75, 3.05) is 39.8 Å². The number of aryl methyl sites for hydroxylation is 2. The lowest BCUT2D eigenvalue weighted by Crippen LogP contribution is -2.51. The fourth-order valence-electron chi connectivity index (χ4n) is 5.02.